The molecule has 1 aromatic carbocycles. The molecule has 0 atom stereocenters. The van der Waals surface area contributed by atoms with Gasteiger partial charge in [0.05, 0.1) is 0 Å². The molecule has 0 spiro atoms. The van der Waals surface area contributed by atoms with Crippen molar-refractivity contribution in [3.63, 3.8) is 0 Å². The minimum atomic E-state index is -5.39. The summed E-state index contributed by atoms with van der Waals surface area (Å²) in [4.78, 5) is 0. The van der Waals surface area contributed by atoms with Crippen LogP contribution < -0.4 is 0 Å². The van der Waals surface area contributed by atoms with E-state index < -0.39 is 59.7 Å². The van der Waals surface area contributed by atoms with Gasteiger partial charge in [0.2, 0.25) is 0 Å². The van der Waals surface area contributed by atoms with Crippen molar-refractivity contribution in [2.45, 2.75) is 90.2 Å². The molecule has 2 aliphatic carbocycles. The normalized spacial score (nSPS) is 17.0. The molecule has 10 nitrogen and oxygen atoms in total. The van der Waals surface area contributed by atoms with Gasteiger partial charge in [-0.15, -0.1) is 19.6 Å². The number of fused-ring (bicyclic) bond motifs is 2. The minimum Gasteiger partial charge on any atom is -0.541 e. The Balaban J connectivity index is -0.000000248. The third kappa shape index (κ3) is 24.4. The SMILES string of the molecule is C1CC2CCC1C2.CC.CC.CC[N-]S(=O)(=O)C(F)(F)F.CC[N-]S(=O)(=O)C(F)(F)F.O=S(=O)([N-]CCO)C(F)(F)F.c1ccccc1. The van der Waals surface area contributed by atoms with Crippen molar-refractivity contribution < 1.29 is 69.9 Å². The maximum atomic E-state index is 11.4. The highest BCUT2D eigenvalue weighted by molar-refractivity contribution is 7.95. The molecule has 0 saturated heterocycles. The number of benzene rings is 1. The predicted molar refractivity (Wildman–Crippen MR) is 167 cm³/mol. The Labute approximate surface area is 278 Å². The second-order valence-corrected chi connectivity index (χ2v) is 13.5. The molecule has 0 aliphatic heterocycles. The summed E-state index contributed by atoms with van der Waals surface area (Å²) in [5.74, 6) is 2.34. The van der Waals surface area contributed by atoms with Gasteiger partial charge in [0.1, 0.15) is 0 Å². The second kappa shape index (κ2) is 26.1. The molecule has 22 heteroatoms. The maximum Gasteiger partial charge on any atom is 0.480 e. The molecule has 2 aliphatic rings. The number of nitrogens with zero attached hydrogens (tertiary/aromatic N) is 3. The number of halogens is 9. The molecule has 3 rings (SSSR count). The number of rotatable bonds is 7. The number of aliphatic hydroxyl groups excluding tert-OH is 1. The zero-order valence-electron chi connectivity index (χ0n) is 27.3. The zero-order chi connectivity index (χ0) is 38.9. The molecule has 0 amide bonds. The Bertz CT molecular complexity index is 1140. The van der Waals surface area contributed by atoms with Gasteiger partial charge in [-0.2, -0.15) is 39.5 Å². The van der Waals surface area contributed by atoms with E-state index in [1.807, 2.05) is 64.1 Å². The second-order valence-electron chi connectivity index (χ2n) is 8.51. The zero-order valence-corrected chi connectivity index (χ0v) is 29.8. The van der Waals surface area contributed by atoms with Gasteiger partial charge in [-0.1, -0.05) is 104 Å². The van der Waals surface area contributed by atoms with Crippen molar-refractivity contribution in [3.8, 4) is 0 Å². The molecule has 0 heterocycles. The van der Waals surface area contributed by atoms with Gasteiger partial charge >= 0.3 is 16.5 Å². The Morgan fingerprint density at radius 3 is 0.896 bits per heavy atom. The first-order chi connectivity index (χ1) is 21.9. The Hall–Kier alpha value is -1.72. The first kappa shape index (κ1) is 53.1. The minimum absolute atomic E-state index is 0.387. The van der Waals surface area contributed by atoms with Crippen LogP contribution in [0.3, 0.4) is 0 Å². The summed E-state index contributed by atoms with van der Waals surface area (Å²) >= 11 is 0. The molecule has 290 valence electrons. The van der Waals surface area contributed by atoms with E-state index in [1.54, 1.807) is 32.1 Å². The summed E-state index contributed by atoms with van der Waals surface area (Å²) < 4.78 is 169. The number of hydrogen-bond donors (Lipinski definition) is 1. The van der Waals surface area contributed by atoms with E-state index in [-0.39, 0.29) is 13.1 Å². The molecule has 0 unspecified atom stereocenters. The molecule has 2 saturated carbocycles. The van der Waals surface area contributed by atoms with Crippen LogP contribution >= 0.6 is 0 Å². The molecule has 1 aromatic rings. The first-order valence-corrected chi connectivity index (χ1v) is 18.8. The quantitative estimate of drug-likeness (QED) is 0.271. The lowest BCUT2D eigenvalue weighted by molar-refractivity contribution is -0.0433. The summed E-state index contributed by atoms with van der Waals surface area (Å²) in [6.07, 6.45) is 7.82. The molecule has 0 aromatic heterocycles. The van der Waals surface area contributed by atoms with E-state index in [4.69, 9.17) is 5.11 Å². The van der Waals surface area contributed by atoms with E-state index in [2.05, 4.69) is 14.2 Å². The lowest BCUT2D eigenvalue weighted by Gasteiger charge is -2.19. The van der Waals surface area contributed by atoms with Gasteiger partial charge in [0.25, 0.3) is 0 Å². The Morgan fingerprint density at radius 1 is 0.542 bits per heavy atom. The number of aliphatic hydroxyl groups is 1. The van der Waals surface area contributed by atoms with Gasteiger partial charge in [0.15, 0.2) is 30.1 Å². The average Bonchev–Trinajstić information content (AvgIpc) is 3.66. The van der Waals surface area contributed by atoms with Crippen molar-refractivity contribution in [3.05, 3.63) is 50.6 Å². The molecule has 2 bridgehead atoms. The first-order valence-electron chi connectivity index (χ1n) is 14.5. The summed E-state index contributed by atoms with van der Waals surface area (Å²) in [6.45, 7) is 8.16. The lowest BCUT2D eigenvalue weighted by atomic mass is 10.0. The fraction of sp³-hybridized carbons (Fsp3) is 0.769. The van der Waals surface area contributed by atoms with E-state index in [0.717, 1.165) is 0 Å². The third-order valence-electron chi connectivity index (χ3n) is 5.14. The van der Waals surface area contributed by atoms with Crippen LogP contribution in [0.2, 0.25) is 0 Å². The maximum absolute atomic E-state index is 11.4. The van der Waals surface area contributed by atoms with Gasteiger partial charge in [-0.25, -0.2) is 25.3 Å². The van der Waals surface area contributed by atoms with Crippen molar-refractivity contribution in [2.75, 3.05) is 26.2 Å². The van der Waals surface area contributed by atoms with Crippen LogP contribution in [0.25, 0.3) is 14.2 Å². The van der Waals surface area contributed by atoms with Crippen molar-refractivity contribution in [2.24, 2.45) is 11.8 Å². The van der Waals surface area contributed by atoms with Crippen molar-refractivity contribution >= 4 is 30.1 Å². The number of alkyl halides is 9. The van der Waals surface area contributed by atoms with Gasteiger partial charge in [-0.05, 0) is 18.3 Å². The number of hydrogen-bond acceptors (Lipinski definition) is 7. The standard InChI is InChI=1S/C7H12.C6H6.C3H5F3NO3S.2C3H5F3NO2S.2C2H6/c1-2-7-4-3-6(1)5-7;1-2-4-6-5-3-1;4-3(5,6)11(9,10)7-1-2-8;2*1-2-7-10(8,9)3(4,5)6;2*1-2/h6-7H,1-5H2;1-6H;8H,1-2H2;2*2H2,1H3;2*1-2H3/q;;3*-1;;. The smallest absolute Gasteiger partial charge is 0.480 e. The Kier molecular flexibility index (Phi) is 28.9. The highest BCUT2D eigenvalue weighted by Gasteiger charge is 2.39. The Morgan fingerprint density at radius 2 is 0.771 bits per heavy atom. The highest BCUT2D eigenvalue weighted by Crippen LogP contribution is 2.43. The highest BCUT2D eigenvalue weighted by atomic mass is 32.2. The predicted octanol–water partition coefficient (Wildman–Crippen LogP) is 8.60. The lowest BCUT2D eigenvalue weighted by Crippen LogP contribution is -2.22. The van der Waals surface area contributed by atoms with Gasteiger partial charge in [-0.3, -0.25) is 0 Å². The van der Waals surface area contributed by atoms with Crippen LogP contribution in [0, 0.1) is 11.8 Å². The van der Waals surface area contributed by atoms with Crippen molar-refractivity contribution in [1.82, 2.24) is 0 Å². The molecule has 1 N–H and O–H groups in total. The van der Waals surface area contributed by atoms with Crippen LogP contribution in [0.1, 0.15) is 73.6 Å². The van der Waals surface area contributed by atoms with Crippen LogP contribution in [0.4, 0.5) is 39.5 Å². The molecular formula is C26H45F9N3O7S3-3. The average molecular weight is 779 g/mol. The summed E-state index contributed by atoms with van der Waals surface area (Å²) in [5.41, 5.74) is -15.9. The summed E-state index contributed by atoms with van der Waals surface area (Å²) in [5, 5.41) is 7.97. The fourth-order valence-electron chi connectivity index (χ4n) is 3.28. The third-order valence-corrected chi connectivity index (χ3v) is 8.61. The van der Waals surface area contributed by atoms with Crippen LogP contribution in [-0.2, 0) is 30.1 Å². The van der Waals surface area contributed by atoms with Crippen LogP contribution in [0.5, 0.6) is 0 Å². The number of sulfonamides is 3. The molecule has 48 heavy (non-hydrogen) atoms. The van der Waals surface area contributed by atoms with E-state index in [9.17, 15) is 64.8 Å². The van der Waals surface area contributed by atoms with E-state index >= 15 is 0 Å². The molecule has 0 radical (unpaired) electrons. The van der Waals surface area contributed by atoms with Gasteiger partial charge < -0.3 is 19.3 Å². The van der Waals surface area contributed by atoms with Crippen LogP contribution in [0.15, 0.2) is 36.4 Å². The monoisotopic (exact) mass is 778 g/mol. The van der Waals surface area contributed by atoms with Crippen molar-refractivity contribution in [1.29, 1.82) is 0 Å². The van der Waals surface area contributed by atoms with E-state index in [1.165, 1.54) is 25.7 Å². The summed E-state index contributed by atoms with van der Waals surface area (Å²) in [7, 11) is -15.8. The molecule has 2 fully saturated rings. The largest absolute Gasteiger partial charge is 0.541 e. The fourth-order valence-corrected chi connectivity index (χ4v) is 4.72. The van der Waals surface area contributed by atoms with Gasteiger partial charge in [0, 0.05) is 6.61 Å². The van der Waals surface area contributed by atoms with Crippen LogP contribution in [-0.4, -0.2) is 73.1 Å². The topological polar surface area (TPSA) is 165 Å². The summed E-state index contributed by atoms with van der Waals surface area (Å²) in [6, 6.07) is 12.0. The molecular weight excluding hydrogens is 733 g/mol. The van der Waals surface area contributed by atoms with E-state index in [0.29, 0.717) is 0 Å².